The van der Waals surface area contributed by atoms with Gasteiger partial charge in [0.2, 0.25) is 0 Å². The first-order chi connectivity index (χ1) is 9.64. The van der Waals surface area contributed by atoms with E-state index in [0.29, 0.717) is 24.3 Å². The highest BCUT2D eigenvalue weighted by Crippen LogP contribution is 2.29. The third-order valence-corrected chi connectivity index (χ3v) is 3.15. The number of aliphatic hydroxyl groups is 1. The molecule has 0 radical (unpaired) electrons. The summed E-state index contributed by atoms with van der Waals surface area (Å²) in [6.07, 6.45) is -1.33. The van der Waals surface area contributed by atoms with Crippen LogP contribution < -0.4 is 10.1 Å². The number of carboxylic acid groups (broad SMARTS) is 1. The maximum absolute atomic E-state index is 10.7. The highest BCUT2D eigenvalue weighted by Gasteiger charge is 2.17. The van der Waals surface area contributed by atoms with Gasteiger partial charge in [0.1, 0.15) is 5.75 Å². The lowest BCUT2D eigenvalue weighted by Gasteiger charge is -2.23. The van der Waals surface area contributed by atoms with Crippen LogP contribution in [0.2, 0.25) is 0 Å². The maximum atomic E-state index is 10.7. The quantitative estimate of drug-likeness (QED) is 0.575. The van der Waals surface area contributed by atoms with Crippen LogP contribution in [-0.4, -0.2) is 28.5 Å². The van der Waals surface area contributed by atoms with Crippen molar-refractivity contribution < 1.29 is 19.7 Å². The predicted molar refractivity (Wildman–Crippen MR) is 81.9 cm³/mol. The summed E-state index contributed by atoms with van der Waals surface area (Å²) >= 11 is 0. The van der Waals surface area contributed by atoms with Crippen molar-refractivity contribution in [1.29, 1.82) is 0 Å². The minimum Gasteiger partial charge on any atom is -0.449 e. The van der Waals surface area contributed by atoms with E-state index in [0.717, 1.165) is 11.1 Å². The number of aliphatic hydroxyl groups excluding tert-OH is 1. The molecule has 1 aromatic carbocycles. The van der Waals surface area contributed by atoms with Crippen LogP contribution in [-0.2, 0) is 6.42 Å². The van der Waals surface area contributed by atoms with Gasteiger partial charge in [0.25, 0.3) is 0 Å². The van der Waals surface area contributed by atoms with Crippen LogP contribution in [0.1, 0.15) is 50.5 Å². The molecule has 0 saturated heterocycles. The summed E-state index contributed by atoms with van der Waals surface area (Å²) in [5, 5.41) is 22.3. The molecule has 21 heavy (non-hydrogen) atoms. The van der Waals surface area contributed by atoms with Gasteiger partial charge in [-0.2, -0.15) is 0 Å². The summed E-state index contributed by atoms with van der Waals surface area (Å²) in [5.74, 6) is 0.365. The van der Waals surface area contributed by atoms with Crippen molar-refractivity contribution in [1.82, 2.24) is 5.32 Å². The molecule has 0 saturated carbocycles. The number of hydrogen-bond donors (Lipinski definition) is 3. The zero-order chi connectivity index (χ0) is 16.2. The number of benzene rings is 1. The second kappa shape index (κ2) is 6.91. The topological polar surface area (TPSA) is 78.8 Å². The SMILES string of the molecule is CCc1cc(C(O)CNC(C)(C)C)cc(C)c1OC(=O)O. The summed E-state index contributed by atoms with van der Waals surface area (Å²) in [6.45, 7) is 10.2. The van der Waals surface area contributed by atoms with Crippen molar-refractivity contribution in [2.75, 3.05) is 6.54 Å². The molecule has 1 atom stereocenters. The van der Waals surface area contributed by atoms with Gasteiger partial charge in [-0.15, -0.1) is 0 Å². The Labute approximate surface area is 125 Å². The van der Waals surface area contributed by atoms with Crippen molar-refractivity contribution >= 4 is 6.16 Å². The van der Waals surface area contributed by atoms with Gasteiger partial charge in [0.15, 0.2) is 0 Å². The van der Waals surface area contributed by atoms with Crippen LogP contribution in [0.3, 0.4) is 0 Å². The highest BCUT2D eigenvalue weighted by molar-refractivity contribution is 5.63. The Kier molecular flexibility index (Phi) is 5.75. The maximum Gasteiger partial charge on any atom is 0.511 e. The molecule has 0 aromatic heterocycles. The van der Waals surface area contributed by atoms with Gasteiger partial charge in [-0.25, -0.2) is 4.79 Å². The van der Waals surface area contributed by atoms with E-state index < -0.39 is 12.3 Å². The van der Waals surface area contributed by atoms with Crippen LogP contribution in [0.4, 0.5) is 4.79 Å². The van der Waals surface area contributed by atoms with Gasteiger partial charge in [0.05, 0.1) is 6.10 Å². The molecule has 0 heterocycles. The molecule has 0 fully saturated rings. The molecule has 0 spiro atoms. The highest BCUT2D eigenvalue weighted by atomic mass is 16.7. The van der Waals surface area contributed by atoms with E-state index in [9.17, 15) is 9.90 Å². The predicted octanol–water partition coefficient (Wildman–Crippen LogP) is 3.04. The molecule has 0 amide bonds. The van der Waals surface area contributed by atoms with E-state index in [1.165, 1.54) is 0 Å². The Bertz CT molecular complexity index is 506. The molecule has 5 heteroatoms. The van der Waals surface area contributed by atoms with Gasteiger partial charge in [-0.1, -0.05) is 6.92 Å². The smallest absolute Gasteiger partial charge is 0.449 e. The van der Waals surface area contributed by atoms with Crippen molar-refractivity contribution in [3.8, 4) is 5.75 Å². The third kappa shape index (κ3) is 5.36. The molecule has 0 aliphatic rings. The van der Waals surface area contributed by atoms with Crippen LogP contribution in [0.5, 0.6) is 5.75 Å². The second-order valence-corrected chi connectivity index (χ2v) is 6.19. The summed E-state index contributed by atoms with van der Waals surface area (Å²) in [6, 6.07) is 3.58. The molecule has 0 bridgehead atoms. The molecule has 3 N–H and O–H groups in total. The average molecular weight is 295 g/mol. The molecule has 1 aromatic rings. The van der Waals surface area contributed by atoms with Crippen LogP contribution in [0.15, 0.2) is 12.1 Å². The number of rotatable bonds is 5. The van der Waals surface area contributed by atoms with E-state index in [4.69, 9.17) is 9.84 Å². The molecule has 118 valence electrons. The molecule has 1 rings (SSSR count). The summed E-state index contributed by atoms with van der Waals surface area (Å²) in [7, 11) is 0. The Hall–Kier alpha value is -1.59. The fourth-order valence-electron chi connectivity index (χ4n) is 2.09. The molecule has 0 aliphatic heterocycles. The van der Waals surface area contributed by atoms with Gasteiger partial charge >= 0.3 is 6.16 Å². The van der Waals surface area contributed by atoms with Crippen LogP contribution in [0.25, 0.3) is 0 Å². The monoisotopic (exact) mass is 295 g/mol. The number of carbonyl (C=O) groups is 1. The van der Waals surface area contributed by atoms with Crippen molar-refractivity contribution in [3.05, 3.63) is 28.8 Å². The summed E-state index contributed by atoms with van der Waals surface area (Å²) in [5.41, 5.74) is 2.18. The first kappa shape index (κ1) is 17.5. The number of nitrogens with one attached hydrogen (secondary N) is 1. The van der Waals surface area contributed by atoms with Gasteiger partial charge in [-0.05, 0) is 62.9 Å². The molecular formula is C16H25NO4. The van der Waals surface area contributed by atoms with E-state index in [1.54, 1.807) is 19.1 Å². The number of ether oxygens (including phenoxy) is 1. The molecule has 1 unspecified atom stereocenters. The average Bonchev–Trinajstić information content (AvgIpc) is 2.36. The molecular weight excluding hydrogens is 270 g/mol. The molecule has 5 nitrogen and oxygen atoms in total. The van der Waals surface area contributed by atoms with Crippen LogP contribution in [0, 0.1) is 6.92 Å². The lowest BCUT2D eigenvalue weighted by Crippen LogP contribution is -2.38. The Balaban J connectivity index is 2.99. The van der Waals surface area contributed by atoms with E-state index >= 15 is 0 Å². The standard InChI is InChI=1S/C16H25NO4/c1-6-11-8-12(13(18)9-17-16(3,4)5)7-10(2)14(11)21-15(19)20/h7-8,13,17-18H,6,9H2,1-5H3,(H,19,20). The first-order valence-electron chi connectivity index (χ1n) is 7.11. The van der Waals surface area contributed by atoms with Gasteiger partial charge in [0, 0.05) is 12.1 Å². The lowest BCUT2D eigenvalue weighted by atomic mass is 9.99. The van der Waals surface area contributed by atoms with E-state index in [1.807, 2.05) is 27.7 Å². The second-order valence-electron chi connectivity index (χ2n) is 6.19. The summed E-state index contributed by atoms with van der Waals surface area (Å²) < 4.78 is 4.84. The Morgan fingerprint density at radius 3 is 2.48 bits per heavy atom. The fourth-order valence-corrected chi connectivity index (χ4v) is 2.09. The minimum absolute atomic E-state index is 0.0734. The van der Waals surface area contributed by atoms with Gasteiger partial charge in [-0.3, -0.25) is 0 Å². The summed E-state index contributed by atoms with van der Waals surface area (Å²) in [4.78, 5) is 10.7. The van der Waals surface area contributed by atoms with E-state index in [-0.39, 0.29) is 5.54 Å². The number of hydrogen-bond acceptors (Lipinski definition) is 4. The Morgan fingerprint density at radius 1 is 1.38 bits per heavy atom. The number of aryl methyl sites for hydroxylation is 2. The van der Waals surface area contributed by atoms with Crippen molar-refractivity contribution in [2.45, 2.75) is 52.7 Å². The molecule has 0 aliphatic carbocycles. The zero-order valence-corrected chi connectivity index (χ0v) is 13.4. The van der Waals surface area contributed by atoms with Crippen LogP contribution >= 0.6 is 0 Å². The normalized spacial score (nSPS) is 13.0. The lowest BCUT2D eigenvalue weighted by molar-refractivity contribution is 0.143. The van der Waals surface area contributed by atoms with Crippen molar-refractivity contribution in [2.24, 2.45) is 0 Å². The minimum atomic E-state index is -1.32. The van der Waals surface area contributed by atoms with E-state index in [2.05, 4.69) is 5.32 Å². The van der Waals surface area contributed by atoms with Crippen molar-refractivity contribution in [3.63, 3.8) is 0 Å². The first-order valence-corrected chi connectivity index (χ1v) is 7.11. The van der Waals surface area contributed by atoms with Gasteiger partial charge < -0.3 is 20.3 Å². The third-order valence-electron chi connectivity index (χ3n) is 3.15. The fraction of sp³-hybridized carbons (Fsp3) is 0.562. The largest absolute Gasteiger partial charge is 0.511 e. The Morgan fingerprint density at radius 2 is 2.00 bits per heavy atom. The number of β-amino-alcohol motifs (C(OH)–C–C–N with tert-alkyl or cyclic N) is 1. The zero-order valence-electron chi connectivity index (χ0n) is 13.4.